The van der Waals surface area contributed by atoms with Crippen LogP contribution in [-0.2, 0) is 36.0 Å². The molecule has 0 saturated heterocycles. The lowest BCUT2D eigenvalue weighted by atomic mass is 9.75. The molecule has 0 bridgehead atoms. The largest absolute Gasteiger partial charge is 0.508 e. The number of phenols is 3. The zero-order chi connectivity index (χ0) is 45.2. The highest BCUT2D eigenvalue weighted by Gasteiger charge is 2.35. The zero-order valence-electron chi connectivity index (χ0n) is 37.1. The molecule has 4 unspecified atom stereocenters. The van der Waals surface area contributed by atoms with E-state index in [4.69, 9.17) is 9.47 Å². The van der Waals surface area contributed by atoms with Gasteiger partial charge in [0.25, 0.3) is 0 Å². The molecule has 11 heteroatoms. The highest BCUT2D eigenvalue weighted by Crippen LogP contribution is 2.42. The first-order valence-corrected chi connectivity index (χ1v) is 22.5. The summed E-state index contributed by atoms with van der Waals surface area (Å²) in [7, 11) is 3.50. The van der Waals surface area contributed by atoms with Gasteiger partial charge >= 0.3 is 0 Å². The van der Waals surface area contributed by atoms with Crippen LogP contribution in [0, 0.1) is 5.92 Å². The van der Waals surface area contributed by atoms with Gasteiger partial charge in [0.2, 0.25) is 0 Å². The Morgan fingerprint density at radius 3 is 2.36 bits per heavy atom. The quantitative estimate of drug-likeness (QED) is 0.0259. The molecule has 1 heterocycles. The number of aromatic hydroxyl groups is 3. The lowest BCUT2D eigenvalue weighted by molar-refractivity contribution is -0.123. The van der Waals surface area contributed by atoms with Crippen LogP contribution in [0.25, 0.3) is 10.8 Å². The van der Waals surface area contributed by atoms with Crippen molar-refractivity contribution < 1.29 is 39.8 Å². The number of hydrogen-bond acceptors (Lipinski definition) is 10. The maximum Gasteiger partial charge on any atom is 0.164 e. The van der Waals surface area contributed by atoms with E-state index in [9.17, 15) is 25.5 Å². The summed E-state index contributed by atoms with van der Waals surface area (Å²) in [6.45, 7) is 2.03. The lowest BCUT2D eigenvalue weighted by Crippen LogP contribution is -2.41. The summed E-state index contributed by atoms with van der Waals surface area (Å²) in [5.41, 5.74) is 5.70. The number of carbonyl (C=O) groups excluding carboxylic acids is 1. The van der Waals surface area contributed by atoms with Crippen molar-refractivity contribution in [2.75, 3.05) is 27.4 Å². The highest BCUT2D eigenvalue weighted by molar-refractivity contribution is 5.87. The van der Waals surface area contributed by atoms with Crippen molar-refractivity contribution in [2.45, 2.75) is 94.8 Å². The molecule has 5 aromatic carbocycles. The van der Waals surface area contributed by atoms with E-state index >= 15 is 4.79 Å². The number of nitrogens with one attached hydrogen (secondary N) is 3. The number of methoxy groups -OCH3 is 1. The molecule has 1 fully saturated rings. The molecule has 338 valence electrons. The molecular weight excluding hydrogens is 807 g/mol. The van der Waals surface area contributed by atoms with Crippen molar-refractivity contribution in [1.29, 1.82) is 0 Å². The number of hydrogen-bond donors (Lipinski definition) is 8. The lowest BCUT2D eigenvalue weighted by Gasteiger charge is -2.38. The second-order valence-corrected chi connectivity index (χ2v) is 17.6. The van der Waals surface area contributed by atoms with Gasteiger partial charge in [-0.25, -0.2) is 0 Å². The number of aliphatic hydroxyl groups is 2. The van der Waals surface area contributed by atoms with Crippen molar-refractivity contribution >= 4 is 16.6 Å². The van der Waals surface area contributed by atoms with Crippen molar-refractivity contribution in [3.8, 4) is 28.7 Å². The van der Waals surface area contributed by atoms with E-state index in [0.717, 1.165) is 76.3 Å². The molecule has 0 aliphatic heterocycles. The van der Waals surface area contributed by atoms with Crippen molar-refractivity contribution in [3.63, 3.8) is 0 Å². The summed E-state index contributed by atoms with van der Waals surface area (Å²) >= 11 is 0. The summed E-state index contributed by atoms with van der Waals surface area (Å²) in [6, 6.07) is 30.4. The van der Waals surface area contributed by atoms with Gasteiger partial charge in [-0.05, 0) is 133 Å². The molecule has 0 amide bonds. The fourth-order valence-corrected chi connectivity index (χ4v) is 9.64. The molecule has 1 aromatic heterocycles. The van der Waals surface area contributed by atoms with E-state index in [1.807, 2.05) is 55.8 Å². The Labute approximate surface area is 376 Å². The van der Waals surface area contributed by atoms with Gasteiger partial charge in [0.1, 0.15) is 18.3 Å². The van der Waals surface area contributed by atoms with E-state index in [1.54, 1.807) is 44.4 Å². The minimum Gasteiger partial charge on any atom is -0.508 e. The molecule has 11 nitrogen and oxygen atoms in total. The Morgan fingerprint density at radius 1 is 0.828 bits per heavy atom. The van der Waals surface area contributed by atoms with Gasteiger partial charge in [0.15, 0.2) is 23.0 Å². The van der Waals surface area contributed by atoms with Gasteiger partial charge in [-0.3, -0.25) is 10.1 Å². The van der Waals surface area contributed by atoms with E-state index < -0.39 is 24.0 Å². The van der Waals surface area contributed by atoms with Crippen LogP contribution in [0.1, 0.15) is 90.3 Å². The number of Topliss-reactive ketones (excluding diaryl/α,β-unsaturated/α-hetero) is 1. The number of benzene rings is 5. The zero-order valence-corrected chi connectivity index (χ0v) is 37.1. The summed E-state index contributed by atoms with van der Waals surface area (Å²) in [5.74, 6) is -0.749. The summed E-state index contributed by atoms with van der Waals surface area (Å²) in [4.78, 5) is 18.2. The van der Waals surface area contributed by atoms with Gasteiger partial charge in [0, 0.05) is 48.8 Å². The first kappa shape index (κ1) is 46.2. The second-order valence-electron chi connectivity index (χ2n) is 17.6. The van der Waals surface area contributed by atoms with Gasteiger partial charge in [0.05, 0.1) is 19.3 Å². The molecule has 7 rings (SSSR count). The number of phenolic OH excluding ortho intramolecular Hbond substituents is 3. The third kappa shape index (κ3) is 11.1. The number of aromatic amines is 1. The Morgan fingerprint density at radius 2 is 1.61 bits per heavy atom. The van der Waals surface area contributed by atoms with Gasteiger partial charge < -0.3 is 45.3 Å². The van der Waals surface area contributed by atoms with Crippen molar-refractivity contribution in [1.82, 2.24) is 15.6 Å². The average Bonchev–Trinajstić information content (AvgIpc) is 3.82. The van der Waals surface area contributed by atoms with Crippen molar-refractivity contribution in [2.24, 2.45) is 5.92 Å². The topological polar surface area (TPSA) is 177 Å². The number of fused-ring (bicyclic) bond motifs is 1. The monoisotopic (exact) mass is 869 g/mol. The number of ether oxygens (including phenoxy) is 2. The predicted molar refractivity (Wildman–Crippen MR) is 250 cm³/mol. The number of carbonyl (C=O) groups is 1. The predicted octanol–water partition coefficient (Wildman–Crippen LogP) is 8.32. The van der Waals surface area contributed by atoms with E-state index in [1.165, 1.54) is 6.07 Å². The number of H-pyrrole nitrogens is 1. The average molecular weight is 870 g/mol. The molecule has 4 atom stereocenters. The normalized spacial score (nSPS) is 15.6. The molecule has 1 aliphatic carbocycles. The number of aromatic nitrogens is 1. The van der Waals surface area contributed by atoms with E-state index in [0.29, 0.717) is 37.1 Å². The fourth-order valence-electron chi connectivity index (χ4n) is 9.64. The standard InChI is InChI=1S/C53H63N3O8/c1-34(57)31-56-33-64-51-24-35(14-16-47(51)59)23-45(40-26-42(29-43(58)27-40)53(54-2)19-7-4-8-20-53)50(62)30-49(61)41(22-36-18-21-55-32-36)25-39-15-17-48(60)52(63-3)46(39)28-38-12-9-11-37-10-5-6-13-44(37)38/h5-6,9-18,21,24,26-27,29,32,34,41,45,49,54-61H,4,7-8,19-20,22-23,25,28,30-31,33H2,1-3H3. The smallest absolute Gasteiger partial charge is 0.164 e. The molecule has 0 spiro atoms. The van der Waals surface area contributed by atoms with Crippen LogP contribution in [0.5, 0.6) is 28.7 Å². The van der Waals surface area contributed by atoms with Crippen LogP contribution < -0.4 is 20.1 Å². The Balaban J connectivity index is 1.23. The number of ketones is 1. The molecule has 1 saturated carbocycles. The molecule has 6 aromatic rings. The molecule has 8 N–H and O–H groups in total. The third-order valence-corrected chi connectivity index (χ3v) is 13.1. The molecule has 64 heavy (non-hydrogen) atoms. The first-order valence-electron chi connectivity index (χ1n) is 22.5. The first-order chi connectivity index (χ1) is 31.0. The molecule has 0 radical (unpaired) electrons. The fraction of sp³-hybridized carbons (Fsp3) is 0.377. The second kappa shape index (κ2) is 21.2. The Kier molecular flexibility index (Phi) is 15.3. The summed E-state index contributed by atoms with van der Waals surface area (Å²) < 4.78 is 11.7. The summed E-state index contributed by atoms with van der Waals surface area (Å²) in [6.07, 6.45) is 8.52. The van der Waals surface area contributed by atoms with Crippen LogP contribution >= 0.6 is 0 Å². The van der Waals surface area contributed by atoms with E-state index in [-0.39, 0.29) is 53.9 Å². The number of aliphatic hydroxyl groups excluding tert-OH is 2. The van der Waals surface area contributed by atoms with Crippen LogP contribution in [-0.4, -0.2) is 75.9 Å². The number of rotatable bonds is 21. The third-order valence-electron chi connectivity index (χ3n) is 13.1. The van der Waals surface area contributed by atoms with Crippen LogP contribution in [0.4, 0.5) is 0 Å². The molecule has 1 aliphatic rings. The van der Waals surface area contributed by atoms with Crippen LogP contribution in [0.3, 0.4) is 0 Å². The van der Waals surface area contributed by atoms with Gasteiger partial charge in [-0.2, -0.15) is 0 Å². The maximum absolute atomic E-state index is 15.0. The van der Waals surface area contributed by atoms with E-state index in [2.05, 4.69) is 39.9 Å². The van der Waals surface area contributed by atoms with Crippen LogP contribution in [0.2, 0.25) is 0 Å². The van der Waals surface area contributed by atoms with Gasteiger partial charge in [-0.1, -0.05) is 79.9 Å². The minimum atomic E-state index is -1.08. The maximum atomic E-state index is 15.0. The van der Waals surface area contributed by atoms with Crippen molar-refractivity contribution in [3.05, 3.63) is 148 Å². The van der Waals surface area contributed by atoms with Crippen LogP contribution in [0.15, 0.2) is 109 Å². The Bertz CT molecular complexity index is 2470. The van der Waals surface area contributed by atoms with Gasteiger partial charge in [-0.15, -0.1) is 0 Å². The molecular formula is C53H63N3O8. The summed E-state index contributed by atoms with van der Waals surface area (Å²) in [5, 5.41) is 63.9. The highest BCUT2D eigenvalue weighted by atomic mass is 16.5. The minimum absolute atomic E-state index is 0.0276. The Hall–Kier alpha value is -5.85. The SMILES string of the molecule is CNC1(c2cc(O)cc(C(Cc3ccc(O)c(OCNCC(C)O)c3)C(=O)CC(O)C(Cc3cc[nH]c3)Cc3ccc(O)c(OC)c3Cc3cccc4ccccc34)c2)CCCCC1.